The van der Waals surface area contributed by atoms with Gasteiger partial charge in [-0.3, -0.25) is 14.4 Å². The maximum Gasteiger partial charge on any atom is 0.280 e. The van der Waals surface area contributed by atoms with Gasteiger partial charge in [0.25, 0.3) is 5.56 Å². The van der Waals surface area contributed by atoms with E-state index in [9.17, 15) is 14.4 Å². The highest BCUT2D eigenvalue weighted by Gasteiger charge is 2.52. The second-order valence-corrected chi connectivity index (χ2v) is 6.76. The van der Waals surface area contributed by atoms with Crippen molar-refractivity contribution in [3.8, 4) is 0 Å². The molecule has 2 aliphatic rings. The van der Waals surface area contributed by atoms with Crippen LogP contribution in [0.1, 0.15) is 51.2 Å². The average Bonchev–Trinajstić information content (AvgIpc) is 3.17. The third-order valence-corrected chi connectivity index (χ3v) is 5.15. The van der Waals surface area contributed by atoms with E-state index >= 15 is 0 Å². The molecule has 2 fully saturated rings. The van der Waals surface area contributed by atoms with Gasteiger partial charge in [-0.1, -0.05) is 6.92 Å². The van der Waals surface area contributed by atoms with Crippen LogP contribution in [0.2, 0.25) is 0 Å². The number of aromatic amines is 1. The van der Waals surface area contributed by atoms with E-state index < -0.39 is 5.54 Å². The average molecular weight is 335 g/mol. The number of piperidine rings is 1. The smallest absolute Gasteiger partial charge is 0.280 e. The van der Waals surface area contributed by atoms with Crippen molar-refractivity contribution in [2.75, 3.05) is 19.6 Å². The van der Waals surface area contributed by atoms with E-state index in [-0.39, 0.29) is 23.8 Å². The zero-order valence-corrected chi connectivity index (χ0v) is 14.2. The molecule has 1 unspecified atom stereocenters. The Labute approximate surface area is 140 Å². The van der Waals surface area contributed by atoms with Crippen LogP contribution in [0.25, 0.3) is 0 Å². The third-order valence-electron chi connectivity index (χ3n) is 5.15. The van der Waals surface area contributed by atoms with E-state index in [0.29, 0.717) is 18.7 Å². The SMILES string of the molecule is CCCN1CCCC2(CCCN2C(=O)CCc2cc(=O)[nH]o2)C1=O. The van der Waals surface area contributed by atoms with Gasteiger partial charge in [-0.25, -0.2) is 0 Å². The van der Waals surface area contributed by atoms with Crippen molar-refractivity contribution in [1.82, 2.24) is 15.0 Å². The van der Waals surface area contributed by atoms with Crippen LogP contribution in [0.15, 0.2) is 15.4 Å². The summed E-state index contributed by atoms with van der Waals surface area (Å²) in [4.78, 5) is 40.5. The molecule has 2 saturated heterocycles. The lowest BCUT2D eigenvalue weighted by Gasteiger charge is -2.44. The highest BCUT2D eigenvalue weighted by molar-refractivity contribution is 5.92. The molecule has 7 heteroatoms. The predicted octanol–water partition coefficient (Wildman–Crippen LogP) is 1.29. The number of carbonyl (C=O) groups excluding carboxylic acids is 2. The number of rotatable bonds is 5. The lowest BCUT2D eigenvalue weighted by atomic mass is 9.85. The molecule has 0 radical (unpaired) electrons. The molecule has 1 aromatic rings. The highest BCUT2D eigenvalue weighted by Crippen LogP contribution is 2.38. The summed E-state index contributed by atoms with van der Waals surface area (Å²) in [5.74, 6) is 0.571. The number of amides is 2. The molecule has 1 aromatic heterocycles. The molecule has 1 atom stereocenters. The number of nitrogens with one attached hydrogen (secondary N) is 1. The quantitative estimate of drug-likeness (QED) is 0.878. The normalized spacial score (nSPS) is 24.1. The molecule has 3 heterocycles. The van der Waals surface area contributed by atoms with Crippen LogP contribution >= 0.6 is 0 Å². The highest BCUT2D eigenvalue weighted by atomic mass is 16.5. The standard InChI is InChI=1S/C17H25N3O4/c1-2-9-19-10-3-7-17(16(19)23)8-4-11-20(17)15(22)6-5-13-12-14(21)18-24-13/h12H,2-11H2,1H3,(H,18,21). The Kier molecular flexibility index (Phi) is 4.78. The number of likely N-dealkylation sites (tertiary alicyclic amines) is 2. The summed E-state index contributed by atoms with van der Waals surface area (Å²) < 4.78 is 5.00. The van der Waals surface area contributed by atoms with Crippen molar-refractivity contribution in [3.63, 3.8) is 0 Å². The maximum absolute atomic E-state index is 13.0. The monoisotopic (exact) mass is 335 g/mol. The molecule has 2 amide bonds. The lowest BCUT2D eigenvalue weighted by molar-refractivity contribution is -0.155. The Balaban J connectivity index is 1.70. The molecule has 0 aromatic carbocycles. The number of H-pyrrole nitrogens is 1. The summed E-state index contributed by atoms with van der Waals surface area (Å²) >= 11 is 0. The second-order valence-electron chi connectivity index (χ2n) is 6.76. The van der Waals surface area contributed by atoms with E-state index in [2.05, 4.69) is 12.1 Å². The van der Waals surface area contributed by atoms with Crippen LogP contribution in [-0.2, 0) is 16.0 Å². The molecule has 2 aliphatic heterocycles. The minimum atomic E-state index is -0.635. The van der Waals surface area contributed by atoms with E-state index in [0.717, 1.165) is 45.2 Å². The van der Waals surface area contributed by atoms with E-state index in [4.69, 9.17) is 4.52 Å². The summed E-state index contributed by atoms with van der Waals surface area (Å²) in [6, 6.07) is 1.36. The van der Waals surface area contributed by atoms with E-state index in [1.54, 1.807) is 4.90 Å². The van der Waals surface area contributed by atoms with Crippen molar-refractivity contribution < 1.29 is 14.1 Å². The third kappa shape index (κ3) is 2.99. The zero-order chi connectivity index (χ0) is 17.2. The Morgan fingerprint density at radius 2 is 2.04 bits per heavy atom. The fraction of sp³-hybridized carbons (Fsp3) is 0.706. The number of aryl methyl sites for hydroxylation is 1. The van der Waals surface area contributed by atoms with Gasteiger partial charge in [0.1, 0.15) is 11.3 Å². The lowest BCUT2D eigenvalue weighted by Crippen LogP contribution is -2.61. The molecule has 0 bridgehead atoms. The van der Waals surface area contributed by atoms with Crippen LogP contribution in [0.3, 0.4) is 0 Å². The van der Waals surface area contributed by atoms with Gasteiger partial charge in [0, 0.05) is 38.5 Å². The van der Waals surface area contributed by atoms with Gasteiger partial charge in [-0.05, 0) is 32.1 Å². The topological polar surface area (TPSA) is 86.6 Å². The first-order valence-corrected chi connectivity index (χ1v) is 8.84. The Morgan fingerprint density at radius 3 is 2.71 bits per heavy atom. The minimum Gasteiger partial charge on any atom is -0.384 e. The molecule has 24 heavy (non-hydrogen) atoms. The molecule has 0 aliphatic carbocycles. The number of hydrogen-bond donors (Lipinski definition) is 1. The minimum absolute atomic E-state index is 0.0250. The zero-order valence-electron chi connectivity index (χ0n) is 14.2. The van der Waals surface area contributed by atoms with Gasteiger partial charge in [0.2, 0.25) is 11.8 Å². The Morgan fingerprint density at radius 1 is 1.29 bits per heavy atom. The van der Waals surface area contributed by atoms with Crippen LogP contribution in [0.4, 0.5) is 0 Å². The summed E-state index contributed by atoms with van der Waals surface area (Å²) in [5, 5.41) is 2.23. The number of nitrogens with zero attached hydrogens (tertiary/aromatic N) is 2. The summed E-state index contributed by atoms with van der Waals surface area (Å²) in [7, 11) is 0. The van der Waals surface area contributed by atoms with Crippen molar-refractivity contribution in [2.45, 2.75) is 57.4 Å². The maximum atomic E-state index is 13.0. The van der Waals surface area contributed by atoms with Crippen LogP contribution in [-0.4, -0.2) is 51.9 Å². The van der Waals surface area contributed by atoms with Crippen molar-refractivity contribution in [1.29, 1.82) is 0 Å². The predicted molar refractivity (Wildman–Crippen MR) is 87.4 cm³/mol. The fourth-order valence-corrected chi connectivity index (χ4v) is 4.08. The molecule has 132 valence electrons. The molecule has 0 saturated carbocycles. The molecule has 3 rings (SSSR count). The Bertz CT molecular complexity index is 663. The van der Waals surface area contributed by atoms with E-state index in [1.165, 1.54) is 6.07 Å². The fourth-order valence-electron chi connectivity index (χ4n) is 4.08. The van der Waals surface area contributed by atoms with Gasteiger partial charge in [0.15, 0.2) is 0 Å². The van der Waals surface area contributed by atoms with Crippen molar-refractivity contribution in [2.24, 2.45) is 0 Å². The van der Waals surface area contributed by atoms with Crippen LogP contribution in [0.5, 0.6) is 0 Å². The second kappa shape index (κ2) is 6.83. The van der Waals surface area contributed by atoms with Crippen molar-refractivity contribution >= 4 is 11.8 Å². The molecular formula is C17H25N3O4. The number of carbonyl (C=O) groups is 2. The molecule has 7 nitrogen and oxygen atoms in total. The number of aromatic nitrogens is 1. The molecule has 1 N–H and O–H groups in total. The van der Waals surface area contributed by atoms with Crippen molar-refractivity contribution in [3.05, 3.63) is 22.2 Å². The van der Waals surface area contributed by atoms with Gasteiger partial charge in [-0.15, -0.1) is 0 Å². The van der Waals surface area contributed by atoms with Gasteiger partial charge >= 0.3 is 0 Å². The summed E-state index contributed by atoms with van der Waals surface area (Å²) in [5.41, 5.74) is -0.934. The first kappa shape index (κ1) is 16.8. The van der Waals surface area contributed by atoms with Gasteiger partial charge in [0.05, 0.1) is 0 Å². The van der Waals surface area contributed by atoms with E-state index in [1.807, 2.05) is 4.90 Å². The molecule has 1 spiro atoms. The van der Waals surface area contributed by atoms with Crippen LogP contribution < -0.4 is 5.56 Å². The molecular weight excluding hydrogens is 310 g/mol. The first-order chi connectivity index (χ1) is 11.6. The van der Waals surface area contributed by atoms with Crippen LogP contribution in [0, 0.1) is 0 Å². The largest absolute Gasteiger partial charge is 0.384 e. The first-order valence-electron chi connectivity index (χ1n) is 8.84. The van der Waals surface area contributed by atoms with Gasteiger partial charge in [-0.2, -0.15) is 5.16 Å². The Hall–Kier alpha value is -2.05. The summed E-state index contributed by atoms with van der Waals surface area (Å²) in [6.07, 6.45) is 4.90. The van der Waals surface area contributed by atoms with Gasteiger partial charge < -0.3 is 14.3 Å². The summed E-state index contributed by atoms with van der Waals surface area (Å²) in [6.45, 7) is 4.26. The number of hydrogen-bond acceptors (Lipinski definition) is 4.